The molecule has 162 valence electrons. The summed E-state index contributed by atoms with van der Waals surface area (Å²) >= 11 is 1.62. The molecule has 0 saturated carbocycles. The van der Waals surface area contributed by atoms with Gasteiger partial charge in [0.1, 0.15) is 23.2 Å². The number of ether oxygens (including phenoxy) is 1. The zero-order valence-electron chi connectivity index (χ0n) is 16.9. The number of nitrogens with one attached hydrogen (secondary N) is 2. The molecule has 31 heavy (non-hydrogen) atoms. The molecule has 2 amide bonds. The Morgan fingerprint density at radius 2 is 2.19 bits per heavy atom. The van der Waals surface area contributed by atoms with Crippen molar-refractivity contribution < 1.29 is 14.3 Å². The van der Waals surface area contributed by atoms with Crippen molar-refractivity contribution in [1.29, 1.82) is 0 Å². The fraction of sp³-hybridized carbons (Fsp3) is 0.500. The summed E-state index contributed by atoms with van der Waals surface area (Å²) in [5, 5.41) is 20.2. The maximum atomic E-state index is 12.8. The molecule has 2 saturated heterocycles. The van der Waals surface area contributed by atoms with Gasteiger partial charge >= 0.3 is 0 Å². The second-order valence-corrected chi connectivity index (χ2v) is 9.47. The third-order valence-electron chi connectivity index (χ3n) is 5.18. The molecule has 0 spiro atoms. The predicted octanol–water partition coefficient (Wildman–Crippen LogP) is 1.35. The first-order chi connectivity index (χ1) is 14.9. The quantitative estimate of drug-likeness (QED) is 0.204. The number of azide groups is 1. The molecule has 0 bridgehead atoms. The van der Waals surface area contributed by atoms with Crippen molar-refractivity contribution >= 4 is 23.6 Å². The first kappa shape index (κ1) is 20.9. The Bertz CT molecular complexity index is 1000. The second-order valence-electron chi connectivity index (χ2n) is 7.70. The minimum absolute atomic E-state index is 0.144. The fourth-order valence-electron chi connectivity index (χ4n) is 3.81. The first-order valence-electron chi connectivity index (χ1n) is 9.66. The van der Waals surface area contributed by atoms with Crippen molar-refractivity contribution in [3.8, 4) is 5.75 Å². The maximum Gasteiger partial charge on any atom is 0.249 e. The zero-order valence-corrected chi connectivity index (χ0v) is 17.7. The maximum absolute atomic E-state index is 12.8. The van der Waals surface area contributed by atoms with Gasteiger partial charge in [-0.05, 0) is 37.1 Å². The molecule has 4 rings (SSSR count). The number of tetrazole rings is 1. The van der Waals surface area contributed by atoms with Crippen molar-refractivity contribution in [1.82, 2.24) is 30.8 Å². The molecule has 13 heteroatoms. The van der Waals surface area contributed by atoms with E-state index in [1.807, 2.05) is 13.8 Å². The number of aromatic amines is 1. The van der Waals surface area contributed by atoms with Crippen LogP contribution < -0.4 is 10.1 Å². The number of hydrogen-bond acceptors (Lipinski definition) is 8. The number of nitrogens with zero attached hydrogens (tertiary/aromatic N) is 7. The van der Waals surface area contributed by atoms with Crippen LogP contribution in [0.2, 0.25) is 0 Å². The van der Waals surface area contributed by atoms with Crippen molar-refractivity contribution in [2.45, 2.75) is 42.5 Å². The number of β-lactam (4-membered cyclic amide) rings is 1. The zero-order chi connectivity index (χ0) is 22.0. The first-order valence-corrected chi connectivity index (χ1v) is 10.5. The van der Waals surface area contributed by atoms with E-state index in [1.165, 1.54) is 0 Å². The lowest BCUT2D eigenvalue weighted by atomic mass is 9.95. The van der Waals surface area contributed by atoms with Gasteiger partial charge in [0.2, 0.25) is 11.8 Å². The monoisotopic (exact) mass is 443 g/mol. The molecule has 2 aromatic rings. The molecule has 2 aliphatic rings. The topological polar surface area (TPSA) is 162 Å². The number of fused-ring (bicyclic) bond motifs is 1. The van der Waals surface area contributed by atoms with Crippen molar-refractivity contribution in [2.75, 3.05) is 13.2 Å². The molecule has 0 aliphatic carbocycles. The Kier molecular flexibility index (Phi) is 5.70. The molecule has 12 nitrogen and oxygen atoms in total. The van der Waals surface area contributed by atoms with E-state index in [9.17, 15) is 9.59 Å². The second kappa shape index (κ2) is 8.44. The van der Waals surface area contributed by atoms with Gasteiger partial charge in [0.05, 0.1) is 19.6 Å². The molecular formula is C18H21N9O3S. The van der Waals surface area contributed by atoms with E-state index >= 15 is 0 Å². The Morgan fingerprint density at radius 3 is 2.87 bits per heavy atom. The lowest BCUT2D eigenvalue weighted by Crippen LogP contribution is -2.68. The highest BCUT2D eigenvalue weighted by molar-refractivity contribution is 8.01. The lowest BCUT2D eigenvalue weighted by Gasteiger charge is -2.44. The van der Waals surface area contributed by atoms with Crippen LogP contribution in [0, 0.1) is 0 Å². The van der Waals surface area contributed by atoms with Gasteiger partial charge in [0.15, 0.2) is 5.82 Å². The van der Waals surface area contributed by atoms with Crippen LogP contribution in [-0.2, 0) is 16.0 Å². The molecule has 0 radical (unpaired) electrons. The summed E-state index contributed by atoms with van der Waals surface area (Å²) < 4.78 is 5.14. The van der Waals surface area contributed by atoms with E-state index in [0.717, 1.165) is 5.56 Å². The molecule has 1 aromatic heterocycles. The minimum Gasteiger partial charge on any atom is -0.493 e. The number of carbonyl (C=O) groups is 2. The van der Waals surface area contributed by atoms with Gasteiger partial charge in [-0.2, -0.15) is 5.21 Å². The van der Waals surface area contributed by atoms with Crippen molar-refractivity contribution in [3.05, 3.63) is 46.1 Å². The highest BCUT2D eigenvalue weighted by Gasteiger charge is 2.63. The number of benzene rings is 1. The number of thioether (sulfide) groups is 1. The molecule has 2 N–H and O–H groups in total. The number of rotatable bonds is 8. The molecular weight excluding hydrogens is 422 g/mol. The Labute approximate surface area is 181 Å². The SMILES string of the molecule is CC1(C)S[C@@H]2C(NC(=O)Cc3ccc(OCCN=[N+]=[N-])cc3)C(=O)N2C1c1nn[nH]n1. The van der Waals surface area contributed by atoms with Gasteiger partial charge in [0.25, 0.3) is 0 Å². The molecule has 3 atom stereocenters. The van der Waals surface area contributed by atoms with Crippen LogP contribution in [0.5, 0.6) is 5.75 Å². The molecule has 3 heterocycles. The average molecular weight is 443 g/mol. The summed E-state index contributed by atoms with van der Waals surface area (Å²) in [7, 11) is 0. The number of carbonyl (C=O) groups excluding carboxylic acids is 2. The average Bonchev–Trinajstić information content (AvgIpc) is 3.35. The summed E-state index contributed by atoms with van der Waals surface area (Å²) in [6.45, 7) is 4.58. The van der Waals surface area contributed by atoms with Gasteiger partial charge in [-0.1, -0.05) is 22.5 Å². The van der Waals surface area contributed by atoms with E-state index in [4.69, 9.17) is 10.3 Å². The van der Waals surface area contributed by atoms with Crippen LogP contribution in [0.1, 0.15) is 31.3 Å². The summed E-state index contributed by atoms with van der Waals surface area (Å²) in [6.07, 6.45) is 0.151. The van der Waals surface area contributed by atoms with E-state index in [1.54, 1.807) is 40.9 Å². The van der Waals surface area contributed by atoms with Crippen LogP contribution in [-0.4, -0.2) is 66.7 Å². The minimum atomic E-state index is -0.572. The Morgan fingerprint density at radius 1 is 1.42 bits per heavy atom. The number of hydrogen-bond donors (Lipinski definition) is 2. The largest absolute Gasteiger partial charge is 0.493 e. The predicted molar refractivity (Wildman–Crippen MR) is 111 cm³/mol. The molecule has 2 aliphatic heterocycles. The Balaban J connectivity index is 1.33. The third kappa shape index (κ3) is 4.14. The third-order valence-corrected chi connectivity index (χ3v) is 6.75. The summed E-state index contributed by atoms with van der Waals surface area (Å²) in [5.74, 6) is 0.727. The van der Waals surface area contributed by atoms with Crippen LogP contribution in [0.25, 0.3) is 10.4 Å². The van der Waals surface area contributed by atoms with Crippen LogP contribution in [0.3, 0.4) is 0 Å². The highest BCUT2D eigenvalue weighted by atomic mass is 32.2. The standard InChI is InChI=1S/C18H21N9O3S/c1-18(2)14(15-22-25-26-23-15)27-16(29)13(17(27)31-18)21-12(28)9-10-3-5-11(6-4-10)30-8-7-20-24-19/h3-6,13-14,17H,7-9H2,1-2H3,(H,21,28)(H,22,23,25,26)/t13?,14?,17-/m1/s1. The van der Waals surface area contributed by atoms with Gasteiger partial charge in [-0.3, -0.25) is 9.59 Å². The number of amides is 2. The molecule has 2 unspecified atom stereocenters. The molecule has 1 aromatic carbocycles. The normalized spacial score (nSPS) is 23.5. The smallest absolute Gasteiger partial charge is 0.249 e. The van der Waals surface area contributed by atoms with Gasteiger partial charge in [-0.25, -0.2) is 0 Å². The summed E-state index contributed by atoms with van der Waals surface area (Å²) in [6, 6.07) is 6.21. The van der Waals surface area contributed by atoms with E-state index in [0.29, 0.717) is 11.6 Å². The van der Waals surface area contributed by atoms with E-state index < -0.39 is 6.04 Å². The molecule has 2 fully saturated rings. The fourth-order valence-corrected chi connectivity index (χ4v) is 5.44. The Hall–Kier alpha value is -3.31. The van der Waals surface area contributed by atoms with Crippen LogP contribution >= 0.6 is 11.8 Å². The van der Waals surface area contributed by atoms with Crippen molar-refractivity contribution in [2.24, 2.45) is 5.11 Å². The summed E-state index contributed by atoms with van der Waals surface area (Å²) in [4.78, 5) is 29.7. The van der Waals surface area contributed by atoms with E-state index in [2.05, 4.69) is 36.0 Å². The number of H-pyrrole nitrogens is 1. The highest BCUT2D eigenvalue weighted by Crippen LogP contribution is 2.56. The lowest BCUT2D eigenvalue weighted by molar-refractivity contribution is -0.151. The number of aromatic nitrogens is 4. The summed E-state index contributed by atoms with van der Waals surface area (Å²) in [5.41, 5.74) is 9.05. The van der Waals surface area contributed by atoms with Crippen molar-refractivity contribution in [3.63, 3.8) is 0 Å². The van der Waals surface area contributed by atoms with Gasteiger partial charge in [-0.15, -0.1) is 22.0 Å². The van der Waals surface area contributed by atoms with Crippen LogP contribution in [0.4, 0.5) is 0 Å². The van der Waals surface area contributed by atoms with Gasteiger partial charge in [0, 0.05) is 9.66 Å². The van der Waals surface area contributed by atoms with E-state index in [-0.39, 0.29) is 47.5 Å². The van der Waals surface area contributed by atoms with Crippen LogP contribution in [0.15, 0.2) is 29.4 Å². The van der Waals surface area contributed by atoms with Gasteiger partial charge < -0.3 is 15.0 Å².